The van der Waals surface area contributed by atoms with E-state index in [4.69, 9.17) is 15.2 Å². The summed E-state index contributed by atoms with van der Waals surface area (Å²) >= 11 is 3.57. The van der Waals surface area contributed by atoms with E-state index in [9.17, 15) is 0 Å². The first kappa shape index (κ1) is 13.5. The van der Waals surface area contributed by atoms with Crippen molar-refractivity contribution < 1.29 is 9.47 Å². The average molecular weight is 288 g/mol. The van der Waals surface area contributed by atoms with E-state index >= 15 is 0 Å². The van der Waals surface area contributed by atoms with Gasteiger partial charge in [-0.25, -0.2) is 0 Å². The number of benzene rings is 1. The van der Waals surface area contributed by atoms with Gasteiger partial charge in [0, 0.05) is 17.1 Å². The lowest BCUT2D eigenvalue weighted by Gasteiger charge is -2.22. The molecule has 3 nitrogen and oxygen atoms in total. The molecule has 0 aliphatic carbocycles. The fourth-order valence-electron chi connectivity index (χ4n) is 1.83. The summed E-state index contributed by atoms with van der Waals surface area (Å²) in [6.45, 7) is 6.08. The predicted molar refractivity (Wildman–Crippen MR) is 68.8 cm³/mol. The monoisotopic (exact) mass is 287 g/mol. The third-order valence-electron chi connectivity index (χ3n) is 2.95. The predicted octanol–water partition coefficient (Wildman–Crippen LogP) is 2.99. The molecule has 0 radical (unpaired) electrons. The number of hydrogen-bond donors (Lipinski definition) is 1. The first-order chi connectivity index (χ1) is 7.45. The van der Waals surface area contributed by atoms with Gasteiger partial charge < -0.3 is 15.2 Å². The van der Waals surface area contributed by atoms with Crippen molar-refractivity contribution in [1.29, 1.82) is 0 Å². The summed E-state index contributed by atoms with van der Waals surface area (Å²) in [5.74, 6) is 0.813. The lowest BCUT2D eigenvalue weighted by molar-refractivity contribution is 0.106. The first-order valence-electron chi connectivity index (χ1n) is 5.07. The largest absolute Gasteiger partial charge is 0.496 e. The Bertz CT molecular complexity index is 405. The number of methoxy groups -OCH3 is 2. The fourth-order valence-corrected chi connectivity index (χ4v) is 2.34. The van der Waals surface area contributed by atoms with Crippen LogP contribution in [0.25, 0.3) is 0 Å². The third kappa shape index (κ3) is 2.10. The Kier molecular flexibility index (Phi) is 4.35. The van der Waals surface area contributed by atoms with Gasteiger partial charge in [-0.3, -0.25) is 0 Å². The molecule has 1 aromatic rings. The third-order valence-corrected chi connectivity index (χ3v) is 4.14. The zero-order valence-electron chi connectivity index (χ0n) is 10.3. The summed E-state index contributed by atoms with van der Waals surface area (Å²) in [7, 11) is 3.24. The molecule has 0 saturated carbocycles. The molecule has 1 unspecified atom stereocenters. The summed E-state index contributed by atoms with van der Waals surface area (Å²) in [5, 5.41) is 0. The van der Waals surface area contributed by atoms with E-state index in [0.717, 1.165) is 26.9 Å². The Morgan fingerprint density at radius 1 is 1.06 bits per heavy atom. The van der Waals surface area contributed by atoms with Gasteiger partial charge in [-0.2, -0.15) is 0 Å². The smallest absolute Gasteiger partial charge is 0.135 e. The Hall–Kier alpha value is -0.580. The molecule has 4 heteroatoms. The molecule has 90 valence electrons. The van der Waals surface area contributed by atoms with Crippen LogP contribution in [0, 0.1) is 20.8 Å². The van der Waals surface area contributed by atoms with Crippen molar-refractivity contribution >= 4 is 15.9 Å². The topological polar surface area (TPSA) is 44.5 Å². The molecule has 16 heavy (non-hydrogen) atoms. The summed E-state index contributed by atoms with van der Waals surface area (Å²) in [4.78, 5) is 0. The molecule has 0 amide bonds. The van der Waals surface area contributed by atoms with Crippen LogP contribution in [0.15, 0.2) is 4.47 Å². The molecule has 0 bridgehead atoms. The van der Waals surface area contributed by atoms with Crippen molar-refractivity contribution in [2.24, 2.45) is 5.73 Å². The van der Waals surface area contributed by atoms with Crippen molar-refractivity contribution in [3.05, 3.63) is 26.7 Å². The Morgan fingerprint density at radius 2 is 1.62 bits per heavy atom. The maximum atomic E-state index is 5.94. The van der Waals surface area contributed by atoms with E-state index in [2.05, 4.69) is 22.9 Å². The van der Waals surface area contributed by atoms with E-state index in [-0.39, 0.29) is 0 Å². The molecule has 0 heterocycles. The van der Waals surface area contributed by atoms with Gasteiger partial charge in [-0.05, 0) is 37.5 Å². The van der Waals surface area contributed by atoms with Crippen LogP contribution in [0.5, 0.6) is 5.75 Å². The van der Waals surface area contributed by atoms with E-state index in [0.29, 0.717) is 0 Å². The number of ether oxygens (including phenoxy) is 2. The Morgan fingerprint density at radius 3 is 2.06 bits per heavy atom. The summed E-state index contributed by atoms with van der Waals surface area (Å²) in [6.07, 6.45) is -0.467. The maximum absolute atomic E-state index is 5.94. The van der Waals surface area contributed by atoms with Crippen LogP contribution in [0.4, 0.5) is 0 Å². The highest BCUT2D eigenvalue weighted by atomic mass is 79.9. The molecule has 2 N–H and O–H groups in total. The molecule has 0 saturated heterocycles. The van der Waals surface area contributed by atoms with Gasteiger partial charge in [0.1, 0.15) is 12.0 Å². The van der Waals surface area contributed by atoms with E-state index in [1.807, 2.05) is 13.8 Å². The van der Waals surface area contributed by atoms with Gasteiger partial charge in [0.25, 0.3) is 0 Å². The zero-order chi connectivity index (χ0) is 12.5. The van der Waals surface area contributed by atoms with Crippen LogP contribution in [-0.2, 0) is 4.74 Å². The van der Waals surface area contributed by atoms with Crippen molar-refractivity contribution in [1.82, 2.24) is 0 Å². The highest BCUT2D eigenvalue weighted by molar-refractivity contribution is 9.10. The second-order valence-corrected chi connectivity index (χ2v) is 4.59. The van der Waals surface area contributed by atoms with Gasteiger partial charge in [0.05, 0.1) is 7.11 Å². The molecule has 1 atom stereocenters. The van der Waals surface area contributed by atoms with Crippen molar-refractivity contribution in [2.75, 3.05) is 14.2 Å². The highest BCUT2D eigenvalue weighted by Gasteiger charge is 2.21. The van der Waals surface area contributed by atoms with E-state index < -0.39 is 6.23 Å². The molecule has 0 aromatic heterocycles. The van der Waals surface area contributed by atoms with Crippen molar-refractivity contribution in [3.8, 4) is 5.75 Å². The Labute approximate surface area is 105 Å². The van der Waals surface area contributed by atoms with Gasteiger partial charge >= 0.3 is 0 Å². The molecular formula is C12H18BrNO2. The summed E-state index contributed by atoms with van der Waals surface area (Å²) < 4.78 is 11.7. The molecule has 0 spiro atoms. The van der Waals surface area contributed by atoms with E-state index in [1.54, 1.807) is 14.2 Å². The fraction of sp³-hybridized carbons (Fsp3) is 0.500. The number of halogens is 1. The molecule has 1 rings (SSSR count). The van der Waals surface area contributed by atoms with Crippen LogP contribution in [0.2, 0.25) is 0 Å². The normalized spacial score (nSPS) is 12.7. The van der Waals surface area contributed by atoms with Crippen LogP contribution in [0.3, 0.4) is 0 Å². The number of hydrogen-bond acceptors (Lipinski definition) is 3. The SMILES string of the molecule is COc1c(C)c(C)c(Br)c(C)c1C(N)OC. The lowest BCUT2D eigenvalue weighted by atomic mass is 9.98. The standard InChI is InChI=1S/C12H18BrNO2/c1-6-7(2)11(15-4)9(12(14)16-5)8(3)10(6)13/h12H,14H2,1-5H3. The lowest BCUT2D eigenvalue weighted by Crippen LogP contribution is -2.16. The van der Waals surface area contributed by atoms with Gasteiger partial charge in [-0.1, -0.05) is 15.9 Å². The van der Waals surface area contributed by atoms with E-state index in [1.165, 1.54) is 5.56 Å². The van der Waals surface area contributed by atoms with Gasteiger partial charge in [0.2, 0.25) is 0 Å². The molecule has 1 aromatic carbocycles. The number of nitrogens with two attached hydrogens (primary N) is 1. The maximum Gasteiger partial charge on any atom is 0.135 e. The van der Waals surface area contributed by atoms with Gasteiger partial charge in [0.15, 0.2) is 0 Å². The minimum Gasteiger partial charge on any atom is -0.496 e. The second-order valence-electron chi connectivity index (χ2n) is 3.79. The van der Waals surface area contributed by atoms with Gasteiger partial charge in [-0.15, -0.1) is 0 Å². The minimum atomic E-state index is -0.467. The molecule has 0 fully saturated rings. The Balaban J connectivity index is 3.57. The van der Waals surface area contributed by atoms with Crippen molar-refractivity contribution in [3.63, 3.8) is 0 Å². The average Bonchev–Trinajstić information content (AvgIpc) is 2.29. The van der Waals surface area contributed by atoms with Crippen LogP contribution in [0.1, 0.15) is 28.5 Å². The summed E-state index contributed by atoms with van der Waals surface area (Å²) in [6, 6.07) is 0. The number of rotatable bonds is 3. The van der Waals surface area contributed by atoms with Crippen LogP contribution in [-0.4, -0.2) is 14.2 Å². The van der Waals surface area contributed by atoms with Crippen LogP contribution < -0.4 is 10.5 Å². The van der Waals surface area contributed by atoms with Crippen LogP contribution >= 0.6 is 15.9 Å². The highest BCUT2D eigenvalue weighted by Crippen LogP contribution is 2.38. The molecule has 0 aliphatic rings. The molecular weight excluding hydrogens is 270 g/mol. The zero-order valence-corrected chi connectivity index (χ0v) is 11.9. The second kappa shape index (κ2) is 5.17. The van der Waals surface area contributed by atoms with Crippen molar-refractivity contribution in [2.45, 2.75) is 27.0 Å². The quantitative estimate of drug-likeness (QED) is 0.870. The first-order valence-corrected chi connectivity index (χ1v) is 5.86. The molecule has 0 aliphatic heterocycles. The minimum absolute atomic E-state index is 0.467. The summed E-state index contributed by atoms with van der Waals surface area (Å²) in [5.41, 5.74) is 10.2.